The standard InChI is InChI=1S/C21H27N3O3S/c1-14-8-7-9-20(17(14)4)24(28(6,26)27)13-21(25)23-22-12-19-11-10-15(2)16(3)18(19)5/h7-12H,13H2,1-6H3,(H,23,25)/b22-12-. The molecule has 0 saturated heterocycles. The average Bonchev–Trinajstić information content (AvgIpc) is 2.61. The number of nitrogens with one attached hydrogen (secondary N) is 1. The summed E-state index contributed by atoms with van der Waals surface area (Å²) >= 11 is 0. The minimum atomic E-state index is -3.63. The molecule has 2 rings (SSSR count). The van der Waals surface area contributed by atoms with Gasteiger partial charge in [-0.25, -0.2) is 13.8 Å². The Balaban J connectivity index is 2.17. The fourth-order valence-electron chi connectivity index (χ4n) is 2.84. The first-order valence-corrected chi connectivity index (χ1v) is 10.8. The molecular formula is C21H27N3O3S. The molecule has 0 bridgehead atoms. The molecule has 2 aromatic rings. The molecule has 0 aliphatic carbocycles. The van der Waals surface area contributed by atoms with E-state index in [-0.39, 0.29) is 6.54 Å². The van der Waals surface area contributed by atoms with Crippen molar-refractivity contribution in [2.24, 2.45) is 5.10 Å². The van der Waals surface area contributed by atoms with E-state index in [9.17, 15) is 13.2 Å². The quantitative estimate of drug-likeness (QED) is 0.597. The lowest BCUT2D eigenvalue weighted by atomic mass is 10.00. The lowest BCUT2D eigenvalue weighted by molar-refractivity contribution is -0.119. The number of hydrogen-bond donors (Lipinski definition) is 1. The molecular weight excluding hydrogens is 374 g/mol. The lowest BCUT2D eigenvalue weighted by Crippen LogP contribution is -2.39. The smallest absolute Gasteiger partial charge is 0.260 e. The number of anilines is 1. The molecule has 150 valence electrons. The monoisotopic (exact) mass is 401 g/mol. The highest BCUT2D eigenvalue weighted by Gasteiger charge is 2.22. The van der Waals surface area contributed by atoms with Crippen molar-refractivity contribution in [2.45, 2.75) is 34.6 Å². The van der Waals surface area contributed by atoms with Gasteiger partial charge >= 0.3 is 0 Å². The van der Waals surface area contributed by atoms with Crippen LogP contribution < -0.4 is 9.73 Å². The second-order valence-electron chi connectivity index (χ2n) is 7.00. The highest BCUT2D eigenvalue weighted by atomic mass is 32.2. The highest BCUT2D eigenvalue weighted by molar-refractivity contribution is 7.92. The van der Waals surface area contributed by atoms with Gasteiger partial charge in [-0.15, -0.1) is 0 Å². The van der Waals surface area contributed by atoms with Crippen LogP contribution in [0.2, 0.25) is 0 Å². The largest absolute Gasteiger partial charge is 0.271 e. The second-order valence-corrected chi connectivity index (χ2v) is 8.91. The van der Waals surface area contributed by atoms with Gasteiger partial charge in [-0.05, 0) is 74.1 Å². The molecule has 0 aliphatic rings. The molecule has 2 aromatic carbocycles. The molecule has 7 heteroatoms. The number of carbonyl (C=O) groups excluding carboxylic acids is 1. The van der Waals surface area contributed by atoms with E-state index in [2.05, 4.69) is 10.5 Å². The molecule has 0 radical (unpaired) electrons. The van der Waals surface area contributed by atoms with Crippen molar-refractivity contribution in [3.63, 3.8) is 0 Å². The van der Waals surface area contributed by atoms with Crippen molar-refractivity contribution in [1.82, 2.24) is 5.43 Å². The summed E-state index contributed by atoms with van der Waals surface area (Å²) in [4.78, 5) is 12.3. The van der Waals surface area contributed by atoms with E-state index in [1.165, 1.54) is 11.1 Å². The average molecular weight is 402 g/mol. The molecule has 0 aliphatic heterocycles. The van der Waals surface area contributed by atoms with E-state index < -0.39 is 15.9 Å². The van der Waals surface area contributed by atoms with Crippen LogP contribution in [0, 0.1) is 34.6 Å². The molecule has 0 spiro atoms. The maximum absolute atomic E-state index is 12.3. The number of aryl methyl sites for hydroxylation is 2. The zero-order valence-corrected chi connectivity index (χ0v) is 18.0. The molecule has 0 saturated carbocycles. The number of carbonyl (C=O) groups is 1. The lowest BCUT2D eigenvalue weighted by Gasteiger charge is -2.23. The van der Waals surface area contributed by atoms with Crippen LogP contribution in [0.3, 0.4) is 0 Å². The molecule has 1 amide bonds. The van der Waals surface area contributed by atoms with Crippen LogP contribution in [-0.4, -0.2) is 33.3 Å². The first kappa shape index (κ1) is 21.6. The third-order valence-electron chi connectivity index (χ3n) is 5.03. The number of hydrogen-bond acceptors (Lipinski definition) is 4. The Morgan fingerprint density at radius 1 is 1.00 bits per heavy atom. The first-order valence-electron chi connectivity index (χ1n) is 8.95. The summed E-state index contributed by atoms with van der Waals surface area (Å²) in [5.41, 5.74) is 9.04. The van der Waals surface area contributed by atoms with Gasteiger partial charge in [0.25, 0.3) is 5.91 Å². The Labute approximate surface area is 167 Å². The summed E-state index contributed by atoms with van der Waals surface area (Å²) in [5.74, 6) is -0.510. The second kappa shape index (κ2) is 8.56. The van der Waals surface area contributed by atoms with Crippen molar-refractivity contribution >= 4 is 27.8 Å². The third kappa shape index (κ3) is 4.98. The zero-order chi connectivity index (χ0) is 21.1. The molecule has 0 atom stereocenters. The van der Waals surface area contributed by atoms with Crippen LogP contribution in [0.4, 0.5) is 5.69 Å². The van der Waals surface area contributed by atoms with Crippen LogP contribution in [0.1, 0.15) is 33.4 Å². The van der Waals surface area contributed by atoms with E-state index in [0.29, 0.717) is 5.69 Å². The summed E-state index contributed by atoms with van der Waals surface area (Å²) in [6.45, 7) is 9.47. The van der Waals surface area contributed by atoms with Gasteiger partial charge in [-0.1, -0.05) is 24.3 Å². The molecule has 0 aromatic heterocycles. The summed E-state index contributed by atoms with van der Waals surface area (Å²) < 4.78 is 25.6. The maximum Gasteiger partial charge on any atom is 0.260 e. The molecule has 0 unspecified atom stereocenters. The van der Waals surface area contributed by atoms with Gasteiger partial charge in [0.2, 0.25) is 10.0 Å². The van der Waals surface area contributed by atoms with Crippen LogP contribution in [0.15, 0.2) is 35.4 Å². The first-order chi connectivity index (χ1) is 13.0. The predicted octanol–water partition coefficient (Wildman–Crippen LogP) is 3.15. The maximum atomic E-state index is 12.3. The van der Waals surface area contributed by atoms with Gasteiger partial charge in [0.15, 0.2) is 0 Å². The Kier molecular flexibility index (Phi) is 6.61. The van der Waals surface area contributed by atoms with E-state index in [0.717, 1.165) is 32.8 Å². The third-order valence-corrected chi connectivity index (χ3v) is 6.15. The van der Waals surface area contributed by atoms with Crippen molar-refractivity contribution in [3.8, 4) is 0 Å². The van der Waals surface area contributed by atoms with Crippen LogP contribution >= 0.6 is 0 Å². The van der Waals surface area contributed by atoms with Crippen LogP contribution in [0.5, 0.6) is 0 Å². The minimum Gasteiger partial charge on any atom is -0.271 e. The normalized spacial score (nSPS) is 11.6. The van der Waals surface area contributed by atoms with Crippen LogP contribution in [0.25, 0.3) is 0 Å². The number of hydrazone groups is 1. The van der Waals surface area contributed by atoms with Gasteiger partial charge in [0.1, 0.15) is 6.54 Å². The fraction of sp³-hybridized carbons (Fsp3) is 0.333. The predicted molar refractivity (Wildman–Crippen MR) is 114 cm³/mol. The summed E-state index contributed by atoms with van der Waals surface area (Å²) in [6, 6.07) is 9.30. The molecule has 6 nitrogen and oxygen atoms in total. The van der Waals surface area contributed by atoms with E-state index in [1.807, 2.05) is 52.8 Å². The molecule has 0 heterocycles. The Morgan fingerprint density at radius 3 is 2.29 bits per heavy atom. The molecule has 28 heavy (non-hydrogen) atoms. The van der Waals surface area contributed by atoms with E-state index in [1.54, 1.807) is 18.3 Å². The number of benzene rings is 2. The van der Waals surface area contributed by atoms with Gasteiger partial charge in [0.05, 0.1) is 18.2 Å². The van der Waals surface area contributed by atoms with Gasteiger partial charge in [-0.3, -0.25) is 9.10 Å². The van der Waals surface area contributed by atoms with Gasteiger partial charge in [-0.2, -0.15) is 5.10 Å². The molecule has 0 fully saturated rings. The van der Waals surface area contributed by atoms with Gasteiger partial charge in [0, 0.05) is 0 Å². The number of sulfonamides is 1. The van der Waals surface area contributed by atoms with Crippen molar-refractivity contribution < 1.29 is 13.2 Å². The fourth-order valence-corrected chi connectivity index (χ4v) is 3.75. The highest BCUT2D eigenvalue weighted by Crippen LogP contribution is 2.24. The Hall–Kier alpha value is -2.67. The van der Waals surface area contributed by atoms with Crippen LogP contribution in [-0.2, 0) is 14.8 Å². The van der Waals surface area contributed by atoms with E-state index >= 15 is 0 Å². The zero-order valence-electron chi connectivity index (χ0n) is 17.2. The number of rotatable bonds is 6. The summed E-state index contributed by atoms with van der Waals surface area (Å²) in [6.07, 6.45) is 2.66. The Morgan fingerprint density at radius 2 is 1.64 bits per heavy atom. The van der Waals surface area contributed by atoms with Crippen molar-refractivity contribution in [1.29, 1.82) is 0 Å². The van der Waals surface area contributed by atoms with Crippen molar-refractivity contribution in [2.75, 3.05) is 17.1 Å². The summed E-state index contributed by atoms with van der Waals surface area (Å²) in [5, 5.41) is 4.00. The van der Waals surface area contributed by atoms with E-state index in [4.69, 9.17) is 0 Å². The Bertz CT molecular complexity index is 1030. The number of nitrogens with zero attached hydrogens (tertiary/aromatic N) is 2. The number of amides is 1. The SMILES string of the molecule is Cc1cccc(N(CC(=O)N/N=C\c2ccc(C)c(C)c2C)S(C)(=O)=O)c1C. The van der Waals surface area contributed by atoms with Gasteiger partial charge < -0.3 is 0 Å². The molecule has 1 N–H and O–H groups in total. The topological polar surface area (TPSA) is 78.8 Å². The summed E-state index contributed by atoms with van der Waals surface area (Å²) in [7, 11) is -3.63. The van der Waals surface area contributed by atoms with Crippen molar-refractivity contribution in [3.05, 3.63) is 63.7 Å². The minimum absolute atomic E-state index is 0.341.